The molecule has 0 unspecified atom stereocenters. The molecule has 1 saturated heterocycles. The van der Waals surface area contributed by atoms with Gasteiger partial charge in [-0.3, -0.25) is 9.69 Å². The summed E-state index contributed by atoms with van der Waals surface area (Å²) in [5.41, 5.74) is 1.22. The van der Waals surface area contributed by atoms with Gasteiger partial charge in [0.1, 0.15) is 12.4 Å². The van der Waals surface area contributed by atoms with Gasteiger partial charge in [0.2, 0.25) is 5.91 Å². The molecule has 4 heterocycles. The molecule has 0 radical (unpaired) electrons. The maximum Gasteiger partial charge on any atom is 0.224 e. The fraction of sp³-hybridized carbons (Fsp3) is 0.600. The lowest BCUT2D eigenvalue weighted by atomic mass is 9.75. The number of aliphatic hydroxyl groups excluding tert-OH is 1. The smallest absolute Gasteiger partial charge is 0.224 e. The fourth-order valence-electron chi connectivity index (χ4n) is 4.92. The van der Waals surface area contributed by atoms with E-state index in [4.69, 9.17) is 4.74 Å². The molecule has 1 fully saturated rings. The number of imidazole rings is 1. The van der Waals surface area contributed by atoms with Crippen LogP contribution in [-0.2, 0) is 17.9 Å². The summed E-state index contributed by atoms with van der Waals surface area (Å²) in [5.74, 6) is 1.07. The largest absolute Gasteiger partial charge is 0.491 e. The summed E-state index contributed by atoms with van der Waals surface area (Å²) in [6.45, 7) is 5.60. The van der Waals surface area contributed by atoms with E-state index in [-0.39, 0.29) is 17.9 Å². The van der Waals surface area contributed by atoms with Crippen LogP contribution in [0, 0.1) is 5.41 Å². The van der Waals surface area contributed by atoms with E-state index in [0.717, 1.165) is 64.0 Å². The molecular weight excluding hydrogens is 404 g/mol. The molecule has 3 aliphatic rings. The number of ether oxygens (including phenoxy) is 1. The number of aliphatic hydroxyl groups is 1. The minimum Gasteiger partial charge on any atom is -0.491 e. The van der Waals surface area contributed by atoms with Gasteiger partial charge in [0, 0.05) is 50.6 Å². The molecule has 5 rings (SSSR count). The molecule has 0 aliphatic carbocycles. The molecule has 0 spiro atoms. The molecule has 1 N–H and O–H groups in total. The summed E-state index contributed by atoms with van der Waals surface area (Å²) < 4.78 is 8.11. The van der Waals surface area contributed by atoms with Crippen molar-refractivity contribution < 1.29 is 14.6 Å². The van der Waals surface area contributed by atoms with Crippen LogP contribution >= 0.6 is 0 Å². The molecule has 174 valence electrons. The van der Waals surface area contributed by atoms with Gasteiger partial charge in [-0.2, -0.15) is 0 Å². The van der Waals surface area contributed by atoms with Gasteiger partial charge in [0.05, 0.1) is 12.9 Å². The number of nitrogens with zero attached hydrogens (tertiary/aromatic N) is 4. The Balaban J connectivity index is 1.45. The van der Waals surface area contributed by atoms with Gasteiger partial charge < -0.3 is 19.3 Å². The van der Waals surface area contributed by atoms with Crippen LogP contribution in [0.5, 0.6) is 5.75 Å². The van der Waals surface area contributed by atoms with E-state index >= 15 is 0 Å². The Bertz CT molecular complexity index is 847. The van der Waals surface area contributed by atoms with Crippen molar-refractivity contribution in [3.63, 3.8) is 0 Å². The molecule has 0 saturated carbocycles. The van der Waals surface area contributed by atoms with Gasteiger partial charge in [-0.25, -0.2) is 4.98 Å². The number of aromatic nitrogens is 2. The van der Waals surface area contributed by atoms with Crippen LogP contribution in [0.2, 0.25) is 0 Å². The number of piperidine rings is 1. The SMILES string of the molecule is O=C(CCn1ccnc1)N1CCCCC2(CO)CCN(CC2)Cc2ccccc2OCC1. The van der Waals surface area contributed by atoms with Gasteiger partial charge in [-0.15, -0.1) is 0 Å². The zero-order valence-electron chi connectivity index (χ0n) is 19.0. The van der Waals surface area contributed by atoms with E-state index in [0.29, 0.717) is 26.1 Å². The predicted octanol–water partition coefficient (Wildman–Crippen LogP) is 2.94. The number of amides is 1. The van der Waals surface area contributed by atoms with Crippen molar-refractivity contribution in [1.29, 1.82) is 0 Å². The van der Waals surface area contributed by atoms with Crippen LogP contribution in [0.25, 0.3) is 0 Å². The molecule has 1 amide bonds. The van der Waals surface area contributed by atoms with Gasteiger partial charge in [0.15, 0.2) is 0 Å². The standard InChI is InChI=1S/C25H36N4O3/c30-20-25-8-3-4-12-29(24(31)7-13-28-16-11-26-21-28)17-18-32-23-6-2-1-5-22(23)19-27(14-9-25)15-10-25/h1-2,5-6,11,16,21,30H,3-4,7-10,12-15,17-20H2. The van der Waals surface area contributed by atoms with Gasteiger partial charge in [0.25, 0.3) is 0 Å². The molecular formula is C25H36N4O3. The number of fused-ring (bicyclic) bond motifs is 9. The Morgan fingerprint density at radius 1 is 1.09 bits per heavy atom. The Morgan fingerprint density at radius 2 is 1.94 bits per heavy atom. The van der Waals surface area contributed by atoms with E-state index in [1.54, 1.807) is 12.5 Å². The normalized spacial score (nSPS) is 24.8. The molecule has 0 atom stereocenters. The monoisotopic (exact) mass is 440 g/mol. The molecule has 7 heteroatoms. The summed E-state index contributed by atoms with van der Waals surface area (Å²) in [6, 6.07) is 8.23. The number of carbonyl (C=O) groups is 1. The van der Waals surface area contributed by atoms with Crippen molar-refractivity contribution in [2.24, 2.45) is 5.41 Å². The molecule has 1 aromatic carbocycles. The number of hydrogen-bond acceptors (Lipinski definition) is 5. The number of carbonyl (C=O) groups excluding carboxylic acids is 1. The Morgan fingerprint density at radius 3 is 2.72 bits per heavy atom. The summed E-state index contributed by atoms with van der Waals surface area (Å²) in [4.78, 5) is 21.4. The fourth-order valence-corrected chi connectivity index (χ4v) is 4.92. The first-order valence-electron chi connectivity index (χ1n) is 11.9. The van der Waals surface area contributed by atoms with Crippen molar-refractivity contribution in [3.05, 3.63) is 48.5 Å². The van der Waals surface area contributed by atoms with Crippen LogP contribution in [0.1, 0.15) is 44.1 Å². The molecule has 1 aromatic heterocycles. The molecule has 32 heavy (non-hydrogen) atoms. The van der Waals surface area contributed by atoms with Gasteiger partial charge >= 0.3 is 0 Å². The van der Waals surface area contributed by atoms with E-state index in [2.05, 4.69) is 22.0 Å². The van der Waals surface area contributed by atoms with Crippen molar-refractivity contribution >= 4 is 5.91 Å². The average molecular weight is 441 g/mol. The third-order valence-corrected chi connectivity index (χ3v) is 7.12. The highest BCUT2D eigenvalue weighted by atomic mass is 16.5. The summed E-state index contributed by atoms with van der Waals surface area (Å²) in [6.07, 6.45) is 10.9. The van der Waals surface area contributed by atoms with Crippen LogP contribution < -0.4 is 4.74 Å². The zero-order chi connectivity index (χ0) is 22.2. The number of para-hydroxylation sites is 1. The second kappa shape index (κ2) is 11.0. The van der Waals surface area contributed by atoms with E-state index in [1.807, 2.05) is 27.8 Å². The molecule has 2 bridgehead atoms. The summed E-state index contributed by atoms with van der Waals surface area (Å²) >= 11 is 0. The highest BCUT2D eigenvalue weighted by Crippen LogP contribution is 2.37. The van der Waals surface area contributed by atoms with Gasteiger partial charge in [-0.1, -0.05) is 24.6 Å². The maximum atomic E-state index is 13.0. The third-order valence-electron chi connectivity index (χ3n) is 7.12. The van der Waals surface area contributed by atoms with Gasteiger partial charge in [-0.05, 0) is 50.3 Å². The Hall–Kier alpha value is -2.38. The second-order valence-electron chi connectivity index (χ2n) is 9.28. The quantitative estimate of drug-likeness (QED) is 0.792. The Kier molecular flexibility index (Phi) is 7.81. The first-order valence-corrected chi connectivity index (χ1v) is 11.9. The van der Waals surface area contributed by atoms with E-state index < -0.39 is 0 Å². The number of aryl methyl sites for hydroxylation is 1. The summed E-state index contributed by atoms with van der Waals surface area (Å²) in [7, 11) is 0. The number of rotatable bonds is 4. The highest BCUT2D eigenvalue weighted by Gasteiger charge is 2.33. The number of benzene rings is 1. The predicted molar refractivity (Wildman–Crippen MR) is 123 cm³/mol. The minimum atomic E-state index is 0.0307. The second-order valence-corrected chi connectivity index (χ2v) is 9.28. The first kappa shape index (κ1) is 22.8. The maximum absolute atomic E-state index is 13.0. The molecule has 7 nitrogen and oxygen atoms in total. The van der Waals surface area contributed by atoms with Crippen molar-refractivity contribution in [1.82, 2.24) is 19.4 Å². The highest BCUT2D eigenvalue weighted by molar-refractivity contribution is 5.76. The number of hydrogen-bond donors (Lipinski definition) is 1. The topological polar surface area (TPSA) is 70.8 Å². The lowest BCUT2D eigenvalue weighted by Gasteiger charge is -2.41. The van der Waals surface area contributed by atoms with Crippen LogP contribution in [0.3, 0.4) is 0 Å². The lowest BCUT2D eigenvalue weighted by molar-refractivity contribution is -0.132. The van der Waals surface area contributed by atoms with Crippen LogP contribution in [0.15, 0.2) is 43.0 Å². The van der Waals surface area contributed by atoms with Crippen LogP contribution in [0.4, 0.5) is 0 Å². The average Bonchev–Trinajstić information content (AvgIpc) is 3.34. The Labute approximate surface area is 191 Å². The van der Waals surface area contributed by atoms with Crippen molar-refractivity contribution in [2.75, 3.05) is 39.4 Å². The molecule has 3 aliphatic heterocycles. The minimum absolute atomic E-state index is 0.0307. The molecule has 2 aromatic rings. The summed E-state index contributed by atoms with van der Waals surface area (Å²) in [5, 5.41) is 10.2. The first-order chi connectivity index (χ1) is 15.7. The van der Waals surface area contributed by atoms with E-state index in [9.17, 15) is 9.90 Å². The zero-order valence-corrected chi connectivity index (χ0v) is 19.0. The van der Waals surface area contributed by atoms with E-state index in [1.165, 1.54) is 5.56 Å². The van der Waals surface area contributed by atoms with Crippen LogP contribution in [-0.4, -0.2) is 69.8 Å². The lowest BCUT2D eigenvalue weighted by Crippen LogP contribution is -2.41. The van der Waals surface area contributed by atoms with Crippen molar-refractivity contribution in [3.8, 4) is 5.75 Å². The van der Waals surface area contributed by atoms with Crippen molar-refractivity contribution in [2.45, 2.75) is 51.6 Å². The third kappa shape index (κ3) is 5.90.